The van der Waals surface area contributed by atoms with E-state index in [1.54, 1.807) is 9.47 Å². The predicted octanol–water partition coefficient (Wildman–Crippen LogP) is 1.31. The number of fused-ring (bicyclic) bond motifs is 2. The second kappa shape index (κ2) is 6.78. The van der Waals surface area contributed by atoms with E-state index < -0.39 is 0 Å². The minimum absolute atomic E-state index is 0.0641. The van der Waals surface area contributed by atoms with Crippen LogP contribution in [0.1, 0.15) is 31.4 Å². The van der Waals surface area contributed by atoms with Crippen LogP contribution in [-0.2, 0) is 30.8 Å². The molecule has 1 amide bonds. The molecule has 136 valence electrons. The Balaban J connectivity index is 1.41. The predicted molar refractivity (Wildman–Crippen MR) is 96.6 cm³/mol. The van der Waals surface area contributed by atoms with Crippen molar-refractivity contribution >= 4 is 16.9 Å². The second-order valence-corrected chi connectivity index (χ2v) is 6.59. The van der Waals surface area contributed by atoms with Crippen molar-refractivity contribution in [1.82, 2.24) is 29.2 Å². The summed E-state index contributed by atoms with van der Waals surface area (Å²) in [6.07, 6.45) is 1.82. The molecule has 1 N–H and O–H groups in total. The number of aryl methyl sites for hydroxylation is 2. The van der Waals surface area contributed by atoms with Gasteiger partial charge in [0.1, 0.15) is 5.82 Å². The number of benzene rings is 1. The number of aromatic amines is 1. The van der Waals surface area contributed by atoms with Gasteiger partial charge in [-0.2, -0.15) is 5.10 Å². The molecule has 8 heteroatoms. The van der Waals surface area contributed by atoms with Crippen molar-refractivity contribution in [3.05, 3.63) is 46.4 Å². The molecular formula is C18H22N6O2. The fourth-order valence-corrected chi connectivity index (χ4v) is 3.38. The number of imidazole rings is 1. The summed E-state index contributed by atoms with van der Waals surface area (Å²) in [6.45, 7) is 4.07. The average molecular weight is 354 g/mol. The van der Waals surface area contributed by atoms with Crippen molar-refractivity contribution in [2.24, 2.45) is 0 Å². The van der Waals surface area contributed by atoms with Gasteiger partial charge in [0.15, 0.2) is 5.82 Å². The molecule has 2 aromatic heterocycles. The Morgan fingerprint density at radius 1 is 1.27 bits per heavy atom. The lowest BCUT2D eigenvalue weighted by atomic mass is 10.2. The van der Waals surface area contributed by atoms with Crippen LogP contribution >= 0.6 is 0 Å². The zero-order chi connectivity index (χ0) is 18.1. The van der Waals surface area contributed by atoms with Gasteiger partial charge in [-0.05, 0) is 18.6 Å². The van der Waals surface area contributed by atoms with E-state index in [4.69, 9.17) is 0 Å². The van der Waals surface area contributed by atoms with E-state index in [-0.39, 0.29) is 11.6 Å². The molecule has 0 atom stereocenters. The minimum atomic E-state index is -0.0729. The topological polar surface area (TPSA) is 88.8 Å². The molecule has 3 aromatic rings. The largest absolute Gasteiger partial charge is 0.346 e. The van der Waals surface area contributed by atoms with Crippen LogP contribution in [-0.4, -0.2) is 41.7 Å². The average Bonchev–Trinajstić information content (AvgIpc) is 3.21. The fourth-order valence-electron chi connectivity index (χ4n) is 3.38. The molecule has 26 heavy (non-hydrogen) atoms. The van der Waals surface area contributed by atoms with E-state index >= 15 is 0 Å². The number of aromatic nitrogens is 5. The fraction of sp³-hybridized carbons (Fsp3) is 0.444. The SMILES string of the molecule is CCCn1nc2n(c1=O)CCN(C(=O)CCc1nc3ccccc3[nH]1)C2. The van der Waals surface area contributed by atoms with Crippen molar-refractivity contribution < 1.29 is 4.79 Å². The summed E-state index contributed by atoms with van der Waals surface area (Å²) < 4.78 is 3.18. The van der Waals surface area contributed by atoms with E-state index in [0.29, 0.717) is 44.8 Å². The molecule has 0 unspecified atom stereocenters. The van der Waals surface area contributed by atoms with E-state index in [1.807, 2.05) is 31.2 Å². The van der Waals surface area contributed by atoms with Crippen molar-refractivity contribution in [3.8, 4) is 0 Å². The number of carbonyl (C=O) groups excluding carboxylic acids is 1. The molecule has 0 fully saturated rings. The Kier molecular flexibility index (Phi) is 4.32. The molecule has 0 radical (unpaired) electrons. The summed E-state index contributed by atoms with van der Waals surface area (Å²) in [7, 11) is 0. The summed E-state index contributed by atoms with van der Waals surface area (Å²) in [5.74, 6) is 1.56. The number of nitrogens with zero attached hydrogens (tertiary/aromatic N) is 5. The van der Waals surface area contributed by atoms with Crippen molar-refractivity contribution in [2.75, 3.05) is 6.54 Å². The van der Waals surface area contributed by atoms with E-state index in [0.717, 1.165) is 23.3 Å². The van der Waals surface area contributed by atoms with Crippen LogP contribution in [0.5, 0.6) is 0 Å². The number of rotatable bonds is 5. The number of H-pyrrole nitrogens is 1. The third-order valence-corrected chi connectivity index (χ3v) is 4.73. The van der Waals surface area contributed by atoms with Crippen LogP contribution in [0.3, 0.4) is 0 Å². The second-order valence-electron chi connectivity index (χ2n) is 6.59. The molecule has 0 aliphatic carbocycles. The number of para-hydroxylation sites is 2. The summed E-state index contributed by atoms with van der Waals surface area (Å²) in [4.78, 5) is 34.3. The molecule has 0 spiro atoms. The van der Waals surface area contributed by atoms with Gasteiger partial charge in [-0.25, -0.2) is 14.5 Å². The summed E-state index contributed by atoms with van der Waals surface area (Å²) >= 11 is 0. The van der Waals surface area contributed by atoms with Crippen LogP contribution < -0.4 is 5.69 Å². The van der Waals surface area contributed by atoms with Gasteiger partial charge in [0.05, 0.1) is 17.6 Å². The molecule has 3 heterocycles. The maximum Gasteiger partial charge on any atom is 0.346 e. The van der Waals surface area contributed by atoms with Crippen molar-refractivity contribution in [1.29, 1.82) is 0 Å². The van der Waals surface area contributed by atoms with Crippen LogP contribution in [0.25, 0.3) is 11.0 Å². The summed E-state index contributed by atoms with van der Waals surface area (Å²) in [5, 5.41) is 4.37. The summed E-state index contributed by atoms with van der Waals surface area (Å²) in [5.41, 5.74) is 1.83. The van der Waals surface area contributed by atoms with Gasteiger partial charge in [0.2, 0.25) is 5.91 Å². The Labute approximate surface area is 150 Å². The number of hydrogen-bond donors (Lipinski definition) is 1. The van der Waals surface area contributed by atoms with Crippen molar-refractivity contribution in [3.63, 3.8) is 0 Å². The lowest BCUT2D eigenvalue weighted by Gasteiger charge is -2.26. The standard InChI is InChI=1S/C18H22N6O2/c1-2-9-24-18(26)23-11-10-22(12-16(23)21-24)17(25)8-7-15-19-13-5-3-4-6-14(13)20-15/h3-6H,2,7-12H2,1H3,(H,19,20). The highest BCUT2D eigenvalue weighted by atomic mass is 16.2. The lowest BCUT2D eigenvalue weighted by Crippen LogP contribution is -2.41. The van der Waals surface area contributed by atoms with Gasteiger partial charge in [-0.3, -0.25) is 9.36 Å². The molecule has 8 nitrogen and oxygen atoms in total. The quantitative estimate of drug-likeness (QED) is 0.748. The number of carbonyl (C=O) groups is 1. The van der Waals surface area contributed by atoms with Gasteiger partial charge < -0.3 is 9.88 Å². The summed E-state index contributed by atoms with van der Waals surface area (Å²) in [6, 6.07) is 7.83. The third-order valence-electron chi connectivity index (χ3n) is 4.73. The monoisotopic (exact) mass is 354 g/mol. The van der Waals surface area contributed by atoms with Crippen LogP contribution in [0, 0.1) is 0 Å². The highest BCUT2D eigenvalue weighted by molar-refractivity contribution is 5.77. The smallest absolute Gasteiger partial charge is 0.342 e. The van der Waals surface area contributed by atoms with Gasteiger partial charge in [-0.15, -0.1) is 0 Å². The van der Waals surface area contributed by atoms with Crippen LogP contribution in [0.15, 0.2) is 29.1 Å². The first kappa shape index (κ1) is 16.6. The number of amides is 1. The normalized spacial score (nSPS) is 14.0. The highest BCUT2D eigenvalue weighted by Crippen LogP contribution is 2.14. The lowest BCUT2D eigenvalue weighted by molar-refractivity contribution is -0.132. The Morgan fingerprint density at radius 3 is 2.92 bits per heavy atom. The molecule has 4 rings (SSSR count). The zero-order valence-corrected chi connectivity index (χ0v) is 14.8. The maximum atomic E-state index is 12.6. The molecule has 1 aromatic carbocycles. The Hall–Kier alpha value is -2.90. The number of hydrogen-bond acceptors (Lipinski definition) is 4. The van der Waals surface area contributed by atoms with Gasteiger partial charge >= 0.3 is 5.69 Å². The van der Waals surface area contributed by atoms with E-state index in [1.165, 1.54) is 4.68 Å². The molecule has 0 bridgehead atoms. The van der Waals surface area contributed by atoms with Crippen LogP contribution in [0.4, 0.5) is 0 Å². The Morgan fingerprint density at radius 2 is 2.12 bits per heavy atom. The van der Waals surface area contributed by atoms with Crippen molar-refractivity contribution in [2.45, 2.75) is 45.8 Å². The first-order chi connectivity index (χ1) is 12.7. The molecule has 0 saturated heterocycles. The van der Waals surface area contributed by atoms with Crippen LogP contribution in [0.2, 0.25) is 0 Å². The third kappa shape index (κ3) is 3.02. The maximum absolute atomic E-state index is 12.6. The number of nitrogens with one attached hydrogen (secondary N) is 1. The Bertz CT molecular complexity index is 966. The molecule has 1 aliphatic heterocycles. The van der Waals surface area contributed by atoms with E-state index in [2.05, 4.69) is 15.1 Å². The molecular weight excluding hydrogens is 332 g/mol. The highest BCUT2D eigenvalue weighted by Gasteiger charge is 2.24. The first-order valence-corrected chi connectivity index (χ1v) is 9.03. The minimum Gasteiger partial charge on any atom is -0.342 e. The molecule has 1 aliphatic rings. The molecule has 0 saturated carbocycles. The van der Waals surface area contributed by atoms with Gasteiger partial charge in [-0.1, -0.05) is 19.1 Å². The van der Waals surface area contributed by atoms with Gasteiger partial charge in [0.25, 0.3) is 0 Å². The zero-order valence-electron chi connectivity index (χ0n) is 14.8. The first-order valence-electron chi connectivity index (χ1n) is 9.03. The van der Waals surface area contributed by atoms with E-state index in [9.17, 15) is 9.59 Å². The van der Waals surface area contributed by atoms with Gasteiger partial charge in [0, 0.05) is 32.5 Å².